The molecule has 5 heteroatoms. The monoisotopic (exact) mass is 203 g/mol. The molecule has 0 atom stereocenters. The molecule has 0 aliphatic heterocycles. The molecule has 0 fully saturated rings. The van der Waals surface area contributed by atoms with Crippen LogP contribution in [0.15, 0.2) is 24.8 Å². The van der Waals surface area contributed by atoms with Gasteiger partial charge in [0.15, 0.2) is 0 Å². The van der Waals surface area contributed by atoms with Crippen molar-refractivity contribution in [2.45, 2.75) is 6.42 Å². The van der Waals surface area contributed by atoms with Gasteiger partial charge in [0.05, 0.1) is 6.20 Å². The predicted octanol–water partition coefficient (Wildman–Crippen LogP) is 0.378. The van der Waals surface area contributed by atoms with Crippen LogP contribution in [0.4, 0.5) is 0 Å². The molecule has 0 saturated carbocycles. The molecule has 0 saturated heterocycles. The van der Waals surface area contributed by atoms with Crippen LogP contribution in [0.2, 0.25) is 0 Å². The lowest BCUT2D eigenvalue weighted by Crippen LogP contribution is -2.03. The van der Waals surface area contributed by atoms with Crippen molar-refractivity contribution >= 4 is 0 Å². The quantitative estimate of drug-likeness (QED) is 0.782. The second-order valence-corrected chi connectivity index (χ2v) is 3.31. The van der Waals surface area contributed by atoms with E-state index in [2.05, 4.69) is 15.1 Å². The molecule has 2 heterocycles. The summed E-state index contributed by atoms with van der Waals surface area (Å²) < 4.78 is 1.77. The van der Waals surface area contributed by atoms with E-state index in [0.717, 1.165) is 23.4 Å². The molecule has 15 heavy (non-hydrogen) atoms. The second-order valence-electron chi connectivity index (χ2n) is 3.31. The average Bonchev–Trinajstić information content (AvgIpc) is 2.62. The summed E-state index contributed by atoms with van der Waals surface area (Å²) >= 11 is 0. The standard InChI is InChI=1S/C10H13N5/c1-15-7-8(2-3-11)10(14-15)9-6-12-4-5-13-9/h4-7H,2-3,11H2,1H3. The van der Waals surface area contributed by atoms with Gasteiger partial charge in [0.1, 0.15) is 11.4 Å². The van der Waals surface area contributed by atoms with Gasteiger partial charge in [-0.3, -0.25) is 14.6 Å². The highest BCUT2D eigenvalue weighted by Crippen LogP contribution is 2.18. The maximum absolute atomic E-state index is 5.54. The van der Waals surface area contributed by atoms with Crippen molar-refractivity contribution in [2.75, 3.05) is 6.54 Å². The van der Waals surface area contributed by atoms with Crippen LogP contribution >= 0.6 is 0 Å². The molecular weight excluding hydrogens is 190 g/mol. The van der Waals surface area contributed by atoms with Crippen molar-refractivity contribution in [3.63, 3.8) is 0 Å². The molecule has 0 unspecified atom stereocenters. The molecule has 2 aromatic heterocycles. The van der Waals surface area contributed by atoms with Gasteiger partial charge in [0.25, 0.3) is 0 Å². The number of nitrogens with two attached hydrogens (primary N) is 1. The average molecular weight is 203 g/mol. The highest BCUT2D eigenvalue weighted by Gasteiger charge is 2.10. The molecule has 0 spiro atoms. The Morgan fingerprint density at radius 1 is 1.40 bits per heavy atom. The SMILES string of the molecule is Cn1cc(CCN)c(-c2cnccn2)n1. The highest BCUT2D eigenvalue weighted by molar-refractivity contribution is 5.57. The van der Waals surface area contributed by atoms with Crippen LogP contribution in [0, 0.1) is 0 Å². The summed E-state index contributed by atoms with van der Waals surface area (Å²) in [6.07, 6.45) is 7.80. The summed E-state index contributed by atoms with van der Waals surface area (Å²) in [5.74, 6) is 0. The lowest BCUT2D eigenvalue weighted by atomic mass is 10.1. The molecule has 2 aromatic rings. The Labute approximate surface area is 88.0 Å². The Morgan fingerprint density at radius 3 is 2.93 bits per heavy atom. The van der Waals surface area contributed by atoms with Crippen molar-refractivity contribution in [3.05, 3.63) is 30.4 Å². The van der Waals surface area contributed by atoms with Crippen molar-refractivity contribution in [1.29, 1.82) is 0 Å². The third-order valence-corrected chi connectivity index (χ3v) is 2.12. The Kier molecular flexibility index (Phi) is 2.73. The van der Waals surface area contributed by atoms with Gasteiger partial charge in [-0.05, 0) is 13.0 Å². The maximum Gasteiger partial charge on any atom is 0.115 e. The van der Waals surface area contributed by atoms with Crippen molar-refractivity contribution in [1.82, 2.24) is 19.7 Å². The summed E-state index contributed by atoms with van der Waals surface area (Å²) in [5.41, 5.74) is 8.32. The number of nitrogens with zero attached hydrogens (tertiary/aromatic N) is 4. The van der Waals surface area contributed by atoms with Crippen molar-refractivity contribution < 1.29 is 0 Å². The van der Waals surface area contributed by atoms with Crippen molar-refractivity contribution in [3.8, 4) is 11.4 Å². The number of hydrogen-bond donors (Lipinski definition) is 1. The zero-order chi connectivity index (χ0) is 10.7. The van der Waals surface area contributed by atoms with E-state index < -0.39 is 0 Å². The minimum Gasteiger partial charge on any atom is -0.330 e. The largest absolute Gasteiger partial charge is 0.330 e. The van der Waals surface area contributed by atoms with Gasteiger partial charge in [-0.1, -0.05) is 0 Å². The molecule has 2 rings (SSSR count). The van der Waals surface area contributed by atoms with E-state index in [0.29, 0.717) is 6.54 Å². The number of rotatable bonds is 3. The topological polar surface area (TPSA) is 69.6 Å². The van der Waals surface area contributed by atoms with E-state index in [4.69, 9.17) is 5.73 Å². The normalized spacial score (nSPS) is 10.5. The van der Waals surface area contributed by atoms with E-state index in [1.165, 1.54) is 0 Å². The minimum atomic E-state index is 0.610. The first-order valence-electron chi connectivity index (χ1n) is 4.80. The fourth-order valence-electron chi connectivity index (χ4n) is 1.51. The Balaban J connectivity index is 2.43. The summed E-state index contributed by atoms with van der Waals surface area (Å²) in [5, 5.41) is 4.36. The Hall–Kier alpha value is -1.75. The first kappa shape index (κ1) is 9.79. The number of aromatic nitrogens is 4. The molecule has 0 radical (unpaired) electrons. The molecule has 5 nitrogen and oxygen atoms in total. The molecule has 0 bridgehead atoms. The molecule has 0 aliphatic carbocycles. The molecule has 2 N–H and O–H groups in total. The Morgan fingerprint density at radius 2 is 2.27 bits per heavy atom. The van der Waals surface area contributed by atoms with Crippen LogP contribution in [0.25, 0.3) is 11.4 Å². The van der Waals surface area contributed by atoms with E-state index in [-0.39, 0.29) is 0 Å². The summed E-state index contributed by atoms with van der Waals surface area (Å²) in [7, 11) is 1.89. The molecule has 0 amide bonds. The third kappa shape index (κ3) is 2.02. The van der Waals surface area contributed by atoms with E-state index >= 15 is 0 Å². The van der Waals surface area contributed by atoms with Gasteiger partial charge >= 0.3 is 0 Å². The number of hydrogen-bond acceptors (Lipinski definition) is 4. The van der Waals surface area contributed by atoms with Gasteiger partial charge in [-0.25, -0.2) is 0 Å². The van der Waals surface area contributed by atoms with Crippen LogP contribution in [0.5, 0.6) is 0 Å². The fourth-order valence-corrected chi connectivity index (χ4v) is 1.51. The van der Waals surface area contributed by atoms with Crippen LogP contribution in [0.1, 0.15) is 5.56 Å². The van der Waals surface area contributed by atoms with E-state index in [9.17, 15) is 0 Å². The zero-order valence-electron chi connectivity index (χ0n) is 8.59. The molecule has 0 aromatic carbocycles. The fraction of sp³-hybridized carbons (Fsp3) is 0.300. The first-order valence-corrected chi connectivity index (χ1v) is 4.80. The van der Waals surface area contributed by atoms with Crippen LogP contribution in [-0.4, -0.2) is 26.3 Å². The lowest BCUT2D eigenvalue weighted by molar-refractivity contribution is 0.768. The third-order valence-electron chi connectivity index (χ3n) is 2.12. The lowest BCUT2D eigenvalue weighted by Gasteiger charge is -1.98. The molecule has 0 aliphatic rings. The highest BCUT2D eigenvalue weighted by atomic mass is 15.3. The smallest absolute Gasteiger partial charge is 0.115 e. The van der Waals surface area contributed by atoms with Crippen LogP contribution in [0.3, 0.4) is 0 Å². The summed E-state index contributed by atoms with van der Waals surface area (Å²) in [6, 6.07) is 0. The molecular formula is C10H13N5. The van der Waals surface area contributed by atoms with E-state index in [1.54, 1.807) is 23.3 Å². The first-order chi connectivity index (χ1) is 7.31. The maximum atomic E-state index is 5.54. The Bertz CT molecular complexity index is 434. The van der Waals surface area contributed by atoms with Gasteiger partial charge in [-0.15, -0.1) is 0 Å². The second kappa shape index (κ2) is 4.18. The zero-order valence-corrected chi connectivity index (χ0v) is 8.59. The predicted molar refractivity (Wildman–Crippen MR) is 57.0 cm³/mol. The number of aryl methyl sites for hydroxylation is 1. The minimum absolute atomic E-state index is 0.610. The van der Waals surface area contributed by atoms with Crippen LogP contribution < -0.4 is 5.73 Å². The van der Waals surface area contributed by atoms with Gasteiger partial charge in [-0.2, -0.15) is 5.10 Å². The van der Waals surface area contributed by atoms with Gasteiger partial charge < -0.3 is 5.73 Å². The van der Waals surface area contributed by atoms with E-state index in [1.807, 2.05) is 13.2 Å². The van der Waals surface area contributed by atoms with Crippen LogP contribution in [-0.2, 0) is 13.5 Å². The van der Waals surface area contributed by atoms with Crippen molar-refractivity contribution in [2.24, 2.45) is 12.8 Å². The summed E-state index contributed by atoms with van der Waals surface area (Å²) in [4.78, 5) is 8.25. The van der Waals surface area contributed by atoms with Gasteiger partial charge in [0, 0.05) is 31.2 Å². The van der Waals surface area contributed by atoms with Gasteiger partial charge in [0.2, 0.25) is 0 Å². The summed E-state index contributed by atoms with van der Waals surface area (Å²) in [6.45, 7) is 0.610. The molecule has 78 valence electrons.